The predicted molar refractivity (Wildman–Crippen MR) is 82.5 cm³/mol. The van der Waals surface area contributed by atoms with Crippen LogP contribution in [0.5, 0.6) is 0 Å². The Morgan fingerprint density at radius 3 is 2.29 bits per heavy atom. The molecular weight excluding hydrogens is 413 g/mol. The molecule has 2 rings (SSSR count). The Morgan fingerprint density at radius 1 is 1.00 bits per heavy atom. The predicted octanol–water partition coefficient (Wildman–Crippen LogP) is 4.78. The lowest BCUT2D eigenvalue weighted by molar-refractivity contribution is -0.138. The van der Waals surface area contributed by atoms with Gasteiger partial charge in [0.1, 0.15) is 0 Å². The molecule has 1 unspecified atom stereocenters. The van der Waals surface area contributed by atoms with Gasteiger partial charge >= 0.3 is 6.18 Å². The second-order valence-electron chi connectivity index (χ2n) is 4.35. The topological polar surface area (TPSA) is 38.0 Å². The van der Waals surface area contributed by atoms with E-state index in [4.69, 9.17) is 5.84 Å². The average molecular weight is 424 g/mol. The van der Waals surface area contributed by atoms with Gasteiger partial charge in [0.25, 0.3) is 0 Å². The van der Waals surface area contributed by atoms with Gasteiger partial charge in [-0.1, -0.05) is 50.1 Å². The summed E-state index contributed by atoms with van der Waals surface area (Å²) in [6.45, 7) is 0. The number of nitrogens with one attached hydrogen (secondary N) is 1. The van der Waals surface area contributed by atoms with Gasteiger partial charge in [0, 0.05) is 8.95 Å². The molecule has 2 nitrogen and oxygen atoms in total. The van der Waals surface area contributed by atoms with E-state index in [1.54, 1.807) is 24.3 Å². The van der Waals surface area contributed by atoms with E-state index >= 15 is 0 Å². The summed E-state index contributed by atoms with van der Waals surface area (Å²) in [6.07, 6.45) is -4.44. The van der Waals surface area contributed by atoms with Gasteiger partial charge in [0.05, 0.1) is 11.6 Å². The van der Waals surface area contributed by atoms with Gasteiger partial charge in [-0.25, -0.2) is 5.43 Å². The van der Waals surface area contributed by atoms with Crippen molar-refractivity contribution in [2.75, 3.05) is 0 Å². The molecule has 0 heterocycles. The molecule has 1 atom stereocenters. The summed E-state index contributed by atoms with van der Waals surface area (Å²) in [5.41, 5.74) is 2.45. The van der Waals surface area contributed by atoms with Crippen LogP contribution in [-0.4, -0.2) is 0 Å². The number of hydrazine groups is 1. The third kappa shape index (κ3) is 3.66. The minimum Gasteiger partial charge on any atom is -0.271 e. The van der Waals surface area contributed by atoms with Crippen LogP contribution in [0.1, 0.15) is 22.7 Å². The maximum Gasteiger partial charge on any atom is 0.416 e. The highest BCUT2D eigenvalue weighted by Gasteiger charge is 2.35. The molecule has 112 valence electrons. The molecule has 0 saturated heterocycles. The highest BCUT2D eigenvalue weighted by molar-refractivity contribution is 9.11. The first-order chi connectivity index (χ1) is 9.84. The lowest BCUT2D eigenvalue weighted by Gasteiger charge is -2.22. The fourth-order valence-corrected chi connectivity index (χ4v) is 2.94. The van der Waals surface area contributed by atoms with E-state index in [0.29, 0.717) is 10.0 Å². The summed E-state index contributed by atoms with van der Waals surface area (Å²) in [5.74, 6) is 5.51. The molecule has 0 bridgehead atoms. The summed E-state index contributed by atoms with van der Waals surface area (Å²) < 4.78 is 40.9. The zero-order valence-corrected chi connectivity index (χ0v) is 13.8. The van der Waals surface area contributed by atoms with Crippen LogP contribution in [0.4, 0.5) is 13.2 Å². The molecule has 0 fully saturated rings. The highest BCUT2D eigenvalue weighted by Crippen LogP contribution is 2.38. The molecule has 0 aliphatic carbocycles. The monoisotopic (exact) mass is 422 g/mol. The van der Waals surface area contributed by atoms with Gasteiger partial charge in [-0.2, -0.15) is 13.2 Å². The molecule has 3 N–H and O–H groups in total. The molecule has 2 aromatic carbocycles. The fourth-order valence-electron chi connectivity index (χ4n) is 2.09. The lowest BCUT2D eigenvalue weighted by atomic mass is 9.94. The first-order valence-corrected chi connectivity index (χ1v) is 7.50. The minimum absolute atomic E-state index is 0.0753. The van der Waals surface area contributed by atoms with Gasteiger partial charge in [-0.15, -0.1) is 0 Å². The number of halogens is 5. The van der Waals surface area contributed by atoms with Crippen molar-refractivity contribution in [1.29, 1.82) is 0 Å². The van der Waals surface area contributed by atoms with Crippen LogP contribution >= 0.6 is 31.9 Å². The van der Waals surface area contributed by atoms with E-state index in [1.807, 2.05) is 0 Å². The van der Waals surface area contributed by atoms with Crippen LogP contribution in [0.3, 0.4) is 0 Å². The fraction of sp³-hybridized carbons (Fsp3) is 0.143. The van der Waals surface area contributed by atoms with Crippen molar-refractivity contribution < 1.29 is 13.2 Å². The first kappa shape index (κ1) is 16.5. The van der Waals surface area contributed by atoms with E-state index in [1.165, 1.54) is 12.1 Å². The third-order valence-corrected chi connectivity index (χ3v) is 4.23. The lowest BCUT2D eigenvalue weighted by Crippen LogP contribution is -2.31. The largest absolute Gasteiger partial charge is 0.416 e. The quantitative estimate of drug-likeness (QED) is 0.550. The van der Waals surface area contributed by atoms with Crippen LogP contribution in [-0.2, 0) is 6.18 Å². The zero-order valence-electron chi connectivity index (χ0n) is 10.6. The van der Waals surface area contributed by atoms with E-state index in [9.17, 15) is 13.2 Å². The Labute approximate surface area is 136 Å². The molecule has 0 aliphatic heterocycles. The van der Waals surface area contributed by atoms with Crippen molar-refractivity contribution in [1.82, 2.24) is 5.43 Å². The number of hydrogen-bond acceptors (Lipinski definition) is 2. The van der Waals surface area contributed by atoms with Crippen LogP contribution in [0.25, 0.3) is 0 Å². The highest BCUT2D eigenvalue weighted by atomic mass is 79.9. The summed E-state index contributed by atoms with van der Waals surface area (Å²) in [7, 11) is 0. The van der Waals surface area contributed by atoms with Crippen molar-refractivity contribution in [3.8, 4) is 0 Å². The molecule has 0 aliphatic rings. The molecule has 0 saturated carbocycles. The average Bonchev–Trinajstić information content (AvgIpc) is 2.43. The number of hydrogen-bond donors (Lipinski definition) is 2. The van der Waals surface area contributed by atoms with Gasteiger partial charge in [-0.3, -0.25) is 5.84 Å². The van der Waals surface area contributed by atoms with Crippen LogP contribution in [0.2, 0.25) is 0 Å². The number of nitrogens with two attached hydrogens (primary N) is 1. The molecule has 0 amide bonds. The first-order valence-electron chi connectivity index (χ1n) is 5.91. The Hall–Kier alpha value is -0.890. The standard InChI is InChI=1S/C14H11Br2F3N2/c15-8-5-6-12(16)10(7-8)13(21-20)9-3-1-2-4-11(9)14(17,18)19/h1-7,13,21H,20H2. The van der Waals surface area contributed by atoms with Gasteiger partial charge in [-0.05, 0) is 35.4 Å². The van der Waals surface area contributed by atoms with Crippen molar-refractivity contribution in [2.24, 2.45) is 5.84 Å². The van der Waals surface area contributed by atoms with E-state index < -0.39 is 17.8 Å². The van der Waals surface area contributed by atoms with E-state index in [-0.39, 0.29) is 5.56 Å². The molecule has 0 spiro atoms. The number of rotatable bonds is 3. The zero-order chi connectivity index (χ0) is 15.6. The van der Waals surface area contributed by atoms with E-state index in [0.717, 1.165) is 10.5 Å². The molecular formula is C14H11Br2F3N2. The maximum atomic E-state index is 13.2. The number of alkyl halides is 3. The smallest absolute Gasteiger partial charge is 0.271 e. The summed E-state index contributed by atoms with van der Waals surface area (Å²) >= 11 is 6.66. The normalized spacial score (nSPS) is 13.2. The van der Waals surface area contributed by atoms with Crippen molar-refractivity contribution in [2.45, 2.75) is 12.2 Å². The second kappa shape index (κ2) is 6.48. The van der Waals surface area contributed by atoms with Crippen LogP contribution in [0.15, 0.2) is 51.4 Å². The molecule has 7 heteroatoms. The minimum atomic E-state index is -4.44. The third-order valence-electron chi connectivity index (χ3n) is 3.01. The van der Waals surface area contributed by atoms with Gasteiger partial charge in [0.2, 0.25) is 0 Å². The van der Waals surface area contributed by atoms with Gasteiger partial charge in [0.15, 0.2) is 0 Å². The van der Waals surface area contributed by atoms with E-state index in [2.05, 4.69) is 37.3 Å². The second-order valence-corrected chi connectivity index (χ2v) is 6.12. The SMILES string of the molecule is NNC(c1cc(Br)ccc1Br)c1ccccc1C(F)(F)F. The summed E-state index contributed by atoms with van der Waals surface area (Å²) in [4.78, 5) is 0. The van der Waals surface area contributed by atoms with Gasteiger partial charge < -0.3 is 0 Å². The van der Waals surface area contributed by atoms with Crippen molar-refractivity contribution in [3.63, 3.8) is 0 Å². The van der Waals surface area contributed by atoms with Crippen LogP contribution < -0.4 is 11.3 Å². The maximum absolute atomic E-state index is 13.2. The number of benzene rings is 2. The molecule has 0 aromatic heterocycles. The summed E-state index contributed by atoms with van der Waals surface area (Å²) in [6, 6.07) is 9.86. The Bertz CT molecular complexity index is 644. The Kier molecular flexibility index (Phi) is 5.08. The van der Waals surface area contributed by atoms with Crippen molar-refractivity contribution >= 4 is 31.9 Å². The molecule has 21 heavy (non-hydrogen) atoms. The van der Waals surface area contributed by atoms with Crippen molar-refractivity contribution in [3.05, 3.63) is 68.1 Å². The summed E-state index contributed by atoms with van der Waals surface area (Å²) in [5, 5.41) is 0. The molecule has 2 aromatic rings. The Balaban J connectivity index is 2.60. The van der Waals surface area contributed by atoms with Crippen LogP contribution in [0, 0.1) is 0 Å². The Morgan fingerprint density at radius 2 is 1.67 bits per heavy atom. The molecule has 0 radical (unpaired) electrons.